The molecule has 1 heterocycles. The van der Waals surface area contributed by atoms with E-state index in [1.807, 2.05) is 31.2 Å². The lowest BCUT2D eigenvalue weighted by atomic mass is 10.2. The van der Waals surface area contributed by atoms with Crippen molar-refractivity contribution in [3.63, 3.8) is 0 Å². The Hall–Kier alpha value is -2.01. The number of hydrogen-bond acceptors (Lipinski definition) is 5. The summed E-state index contributed by atoms with van der Waals surface area (Å²) in [6.45, 7) is 7.24. The normalized spacial score (nSPS) is 10.9. The maximum Gasteiger partial charge on any atom is 0.162 e. The van der Waals surface area contributed by atoms with Crippen LogP contribution in [0.5, 0.6) is 11.5 Å². The molecular weight excluding hydrogens is 268 g/mol. The van der Waals surface area contributed by atoms with E-state index in [-0.39, 0.29) is 0 Å². The molecule has 0 aliphatic heterocycles. The van der Waals surface area contributed by atoms with Gasteiger partial charge in [0.15, 0.2) is 11.5 Å². The standard InChI is InChI=1S/C16H22N2O3/c1-11(2)17-9-13-5-6-15(19-4)16(8-13)20-10-14-7-12(3)21-18-14/h5-8,11,17H,9-10H2,1-4H3. The van der Waals surface area contributed by atoms with Gasteiger partial charge >= 0.3 is 0 Å². The van der Waals surface area contributed by atoms with E-state index < -0.39 is 0 Å². The van der Waals surface area contributed by atoms with E-state index >= 15 is 0 Å². The highest BCUT2D eigenvalue weighted by Crippen LogP contribution is 2.28. The number of rotatable bonds is 7. The van der Waals surface area contributed by atoms with Crippen molar-refractivity contribution in [2.24, 2.45) is 0 Å². The van der Waals surface area contributed by atoms with Crippen LogP contribution in [0.1, 0.15) is 30.9 Å². The fourth-order valence-electron chi connectivity index (χ4n) is 1.90. The zero-order valence-corrected chi connectivity index (χ0v) is 13.0. The van der Waals surface area contributed by atoms with Gasteiger partial charge in [0, 0.05) is 18.7 Å². The van der Waals surface area contributed by atoms with Gasteiger partial charge in [0.2, 0.25) is 0 Å². The van der Waals surface area contributed by atoms with Crippen LogP contribution < -0.4 is 14.8 Å². The highest BCUT2D eigenvalue weighted by atomic mass is 16.5. The molecule has 0 amide bonds. The molecule has 1 aromatic carbocycles. The van der Waals surface area contributed by atoms with Gasteiger partial charge in [-0.2, -0.15) is 0 Å². The van der Waals surface area contributed by atoms with E-state index in [1.165, 1.54) is 0 Å². The topological polar surface area (TPSA) is 56.5 Å². The molecule has 2 rings (SSSR count). The Bertz CT molecular complexity index is 579. The monoisotopic (exact) mass is 290 g/mol. The molecule has 0 bridgehead atoms. The van der Waals surface area contributed by atoms with E-state index in [0.29, 0.717) is 24.1 Å². The van der Waals surface area contributed by atoms with Crippen LogP contribution in [0.2, 0.25) is 0 Å². The van der Waals surface area contributed by atoms with Crippen LogP contribution >= 0.6 is 0 Å². The van der Waals surface area contributed by atoms with E-state index in [0.717, 1.165) is 23.6 Å². The minimum Gasteiger partial charge on any atom is -0.493 e. The van der Waals surface area contributed by atoms with Crippen molar-refractivity contribution in [2.75, 3.05) is 7.11 Å². The third-order valence-electron chi connectivity index (χ3n) is 2.99. The fraction of sp³-hybridized carbons (Fsp3) is 0.438. The van der Waals surface area contributed by atoms with Gasteiger partial charge < -0.3 is 19.3 Å². The first-order valence-electron chi connectivity index (χ1n) is 7.03. The van der Waals surface area contributed by atoms with Gasteiger partial charge in [0.05, 0.1) is 7.11 Å². The Morgan fingerprint density at radius 2 is 2.05 bits per heavy atom. The van der Waals surface area contributed by atoms with Crippen molar-refractivity contribution in [1.82, 2.24) is 10.5 Å². The lowest BCUT2D eigenvalue weighted by Gasteiger charge is -2.13. The van der Waals surface area contributed by atoms with Gasteiger partial charge in [-0.05, 0) is 24.6 Å². The Labute approximate surface area is 125 Å². The number of hydrogen-bond donors (Lipinski definition) is 1. The van der Waals surface area contributed by atoms with Crippen molar-refractivity contribution < 1.29 is 14.0 Å². The van der Waals surface area contributed by atoms with E-state index in [9.17, 15) is 0 Å². The van der Waals surface area contributed by atoms with Crippen LogP contribution in [0, 0.1) is 6.92 Å². The molecule has 1 aromatic heterocycles. The molecule has 0 saturated heterocycles. The van der Waals surface area contributed by atoms with Crippen LogP contribution in [0.25, 0.3) is 0 Å². The molecule has 5 nitrogen and oxygen atoms in total. The Morgan fingerprint density at radius 1 is 1.24 bits per heavy atom. The molecule has 114 valence electrons. The van der Waals surface area contributed by atoms with Crippen LogP contribution in [-0.2, 0) is 13.2 Å². The SMILES string of the molecule is COc1ccc(CNC(C)C)cc1OCc1cc(C)on1. The Kier molecular flexibility index (Phi) is 5.22. The van der Waals surface area contributed by atoms with Crippen molar-refractivity contribution in [1.29, 1.82) is 0 Å². The van der Waals surface area contributed by atoms with Gasteiger partial charge in [0.25, 0.3) is 0 Å². The molecule has 5 heteroatoms. The van der Waals surface area contributed by atoms with Crippen molar-refractivity contribution in [2.45, 2.75) is 40.0 Å². The first-order chi connectivity index (χ1) is 10.1. The number of aromatic nitrogens is 1. The zero-order valence-electron chi connectivity index (χ0n) is 13.0. The van der Waals surface area contributed by atoms with Gasteiger partial charge in [-0.1, -0.05) is 25.1 Å². The van der Waals surface area contributed by atoms with Crippen LogP contribution in [0.3, 0.4) is 0 Å². The average molecular weight is 290 g/mol. The lowest BCUT2D eigenvalue weighted by molar-refractivity contribution is 0.271. The van der Waals surface area contributed by atoms with Crippen LogP contribution in [-0.4, -0.2) is 18.3 Å². The van der Waals surface area contributed by atoms with Gasteiger partial charge in [-0.3, -0.25) is 0 Å². The van der Waals surface area contributed by atoms with Crippen molar-refractivity contribution in [3.05, 3.63) is 41.3 Å². The first-order valence-corrected chi connectivity index (χ1v) is 7.03. The van der Waals surface area contributed by atoms with Gasteiger partial charge in [0.1, 0.15) is 18.1 Å². The summed E-state index contributed by atoms with van der Waals surface area (Å²) in [5.41, 5.74) is 1.91. The summed E-state index contributed by atoms with van der Waals surface area (Å²) in [5.74, 6) is 2.19. The summed E-state index contributed by atoms with van der Waals surface area (Å²) in [6, 6.07) is 8.23. The van der Waals surface area contributed by atoms with Crippen LogP contribution in [0.4, 0.5) is 0 Å². The summed E-state index contributed by atoms with van der Waals surface area (Å²) in [4.78, 5) is 0. The van der Waals surface area contributed by atoms with Crippen molar-refractivity contribution in [3.8, 4) is 11.5 Å². The molecule has 0 radical (unpaired) electrons. The molecule has 0 spiro atoms. The highest BCUT2D eigenvalue weighted by Gasteiger charge is 2.08. The number of benzene rings is 1. The largest absolute Gasteiger partial charge is 0.493 e. The predicted molar refractivity (Wildman–Crippen MR) is 80.5 cm³/mol. The molecule has 0 fully saturated rings. The summed E-state index contributed by atoms with van der Waals surface area (Å²) >= 11 is 0. The van der Waals surface area contributed by atoms with E-state index in [4.69, 9.17) is 14.0 Å². The van der Waals surface area contributed by atoms with Crippen molar-refractivity contribution >= 4 is 0 Å². The molecule has 0 unspecified atom stereocenters. The third kappa shape index (κ3) is 4.49. The minimum absolute atomic E-state index is 0.356. The maximum absolute atomic E-state index is 5.80. The molecule has 2 aromatic rings. The second kappa shape index (κ2) is 7.13. The second-order valence-corrected chi connectivity index (χ2v) is 5.24. The minimum atomic E-state index is 0.356. The third-order valence-corrected chi connectivity index (χ3v) is 2.99. The Morgan fingerprint density at radius 3 is 2.67 bits per heavy atom. The molecule has 21 heavy (non-hydrogen) atoms. The van der Waals surface area contributed by atoms with E-state index in [2.05, 4.69) is 24.3 Å². The number of methoxy groups -OCH3 is 1. The number of aryl methyl sites for hydroxylation is 1. The smallest absolute Gasteiger partial charge is 0.162 e. The zero-order chi connectivity index (χ0) is 15.2. The molecule has 0 atom stereocenters. The molecule has 0 saturated carbocycles. The molecule has 0 aliphatic rings. The first kappa shape index (κ1) is 15.4. The summed E-state index contributed by atoms with van der Waals surface area (Å²) in [6.07, 6.45) is 0. The molecule has 1 N–H and O–H groups in total. The summed E-state index contributed by atoms with van der Waals surface area (Å²) < 4.78 is 16.2. The molecule has 0 aliphatic carbocycles. The number of ether oxygens (including phenoxy) is 2. The summed E-state index contributed by atoms with van der Waals surface area (Å²) in [7, 11) is 1.63. The Balaban J connectivity index is 2.06. The lowest BCUT2D eigenvalue weighted by Crippen LogP contribution is -2.21. The number of nitrogens with zero attached hydrogens (tertiary/aromatic N) is 1. The fourth-order valence-corrected chi connectivity index (χ4v) is 1.90. The number of nitrogens with one attached hydrogen (secondary N) is 1. The quantitative estimate of drug-likeness (QED) is 0.849. The predicted octanol–water partition coefficient (Wildman–Crippen LogP) is 3.07. The maximum atomic E-state index is 5.80. The van der Waals surface area contributed by atoms with Crippen LogP contribution in [0.15, 0.2) is 28.8 Å². The summed E-state index contributed by atoms with van der Waals surface area (Å²) in [5, 5.41) is 7.30. The molecular formula is C16H22N2O3. The highest BCUT2D eigenvalue weighted by molar-refractivity contribution is 5.43. The van der Waals surface area contributed by atoms with E-state index in [1.54, 1.807) is 7.11 Å². The average Bonchev–Trinajstić information content (AvgIpc) is 2.88. The second-order valence-electron chi connectivity index (χ2n) is 5.24. The van der Waals surface area contributed by atoms with Gasteiger partial charge in [-0.15, -0.1) is 0 Å². The van der Waals surface area contributed by atoms with Gasteiger partial charge in [-0.25, -0.2) is 0 Å².